The molecule has 8 aromatic carbocycles. The van der Waals surface area contributed by atoms with Crippen LogP contribution in [0.5, 0.6) is 0 Å². The molecule has 0 aliphatic heterocycles. The monoisotopic (exact) mass is 2550 g/mol. The SMILES string of the molecule is CCc1cc(-c2[c-]cccc2)ncc1[Si](C)(C)C.Cc1cccc(-c2[c-]cccc2)n1.[2H]c1[c-]c(-c2cc(C(C)CC)c([Si](C)(C)C)cn2)cc([2H])c1[2H].[2H]c1[c-]c(-c2cc(C3CCCC3)c([Si](C)(C)C)cn2)cc([2H])c1[2H].[2H]c1[c-]c(-c2cc(CC(C)C)c([Si](C)(C)C)cn2)cc([2H])c1[2H].[2H]c1[c-]c(-c2nc([2H])c([2H])c([2H])c2[2H])c([2H])c([2H])c1[2H].[2H]c1[c-]c(-c2nc([2H])c([2H])c([2H])c2[2H])c([2H])c([2H])c1[2H].[2H]c1[c-]c(-c2nc([2H])c([2H])c([2H])c2[2H])c([2H])c([2H])c1[2H].[Ir].[Ir].[Ir].[Ir]. The summed E-state index contributed by atoms with van der Waals surface area (Å²) < 4.78 is 251. The first kappa shape index (κ1) is 70.1. The molecule has 1 saturated carbocycles. The van der Waals surface area contributed by atoms with Crippen molar-refractivity contribution in [2.24, 2.45) is 5.92 Å². The van der Waals surface area contributed by atoms with Crippen LogP contribution < -0.4 is 20.7 Å². The number of rotatable bonds is 18. The molecular weight excluding hydrogens is 2390 g/mol. The Hall–Kier alpha value is -9.58. The fourth-order valence-corrected chi connectivity index (χ4v) is 19.9. The van der Waals surface area contributed by atoms with Gasteiger partial charge in [0.2, 0.25) is 0 Å². The van der Waals surface area contributed by atoms with Crippen LogP contribution in [0.25, 0.3) is 90.1 Å². The zero-order valence-corrected chi connectivity index (χ0v) is 90.9. The molecule has 1 aliphatic rings. The van der Waals surface area contributed by atoms with Crippen LogP contribution in [0.2, 0.25) is 78.6 Å². The molecule has 8 heterocycles. The number of aryl methyl sites for hydroxylation is 2. The Morgan fingerprint density at radius 2 is 0.697 bits per heavy atom. The maximum Gasteiger partial charge on any atom is 0.0830 e. The van der Waals surface area contributed by atoms with Gasteiger partial charge in [-0.25, -0.2) is 0 Å². The van der Waals surface area contributed by atoms with Gasteiger partial charge < -0.3 is 39.9 Å². The zero-order chi connectivity index (χ0) is 120. The molecule has 16 heteroatoms. The summed E-state index contributed by atoms with van der Waals surface area (Å²) in [5, 5.41) is 5.63. The third-order valence-electron chi connectivity index (χ3n) is 20.0. The maximum atomic E-state index is 7.86. The molecule has 132 heavy (non-hydrogen) atoms. The topological polar surface area (TPSA) is 103 Å². The number of nitrogens with zero attached hydrogens (tertiary/aromatic N) is 8. The molecule has 690 valence electrons. The molecular formula is C116H126Ir4N8Si4-8. The van der Waals surface area contributed by atoms with Gasteiger partial charge in [0.1, 0.15) is 0 Å². The van der Waals surface area contributed by atoms with Gasteiger partial charge in [-0.15, -0.1) is 287 Å². The van der Waals surface area contributed by atoms with Gasteiger partial charge in [0.25, 0.3) is 0 Å². The van der Waals surface area contributed by atoms with E-state index in [0.29, 0.717) is 34.4 Å². The van der Waals surface area contributed by atoms with Gasteiger partial charge in [0, 0.05) is 146 Å². The molecule has 4 radical (unpaired) electrons. The maximum absolute atomic E-state index is 7.86. The fourth-order valence-electron chi connectivity index (χ4n) is 13.4. The summed E-state index contributed by atoms with van der Waals surface area (Å²) in [6.45, 7) is 41.1. The van der Waals surface area contributed by atoms with Crippen molar-refractivity contribution in [1.29, 1.82) is 0 Å². The number of benzene rings is 8. The standard InChI is InChI=1S/C19H24NSi.2C18H24NSi.C16H20NSi.C12H10N.3C11H8N.4Ir/c1-21(2,3)19-14-20-18(16-11-5-4-6-12-16)13-17(19)15-9-7-8-10-15;1-14(2)11-16-12-17(15-9-7-6-8-10-15)19-13-18(16)20(3,4)5;1-6-14(2)16-12-17(15-10-8-7-9-11-15)19-13-18(16)20(3,4)5;1-5-13-11-15(14-9-7-6-8-10-14)17-12-16(13)18(2,3)4;1-10-6-5-9-12(13-10)11-7-3-2-4-8-11;3*1-2-6-10(7-3-1)11-8-4-5-9-12-11;;;;/h4-6,11,13-15H,7-10H2,1-3H3;6-9,12-14H,11H2,1-5H3;7-10,12-14H,6H2,1-5H3;6-9,11-12H,5H2,1-4H3;2-7,9H,1H3;3*1-6,8-9H;;;;/q8*-1;;;;/i4D,5D,6D;6D,7D,8D;7D,8D,9D;;;3*1D,2D,3D,4D,5D,6D,8D,9D;;;;. The molecule has 17 rings (SSSR count). The average Bonchev–Trinajstić information content (AvgIpc) is 1.74. The number of hydrogen-bond acceptors (Lipinski definition) is 8. The molecule has 8 nitrogen and oxygen atoms in total. The van der Waals surface area contributed by atoms with E-state index in [1.165, 1.54) is 68.7 Å². The molecule has 1 aliphatic carbocycles. The van der Waals surface area contributed by atoms with Crippen LogP contribution in [0, 0.1) is 61.4 Å². The van der Waals surface area contributed by atoms with E-state index in [2.05, 4.69) is 238 Å². The predicted molar refractivity (Wildman–Crippen MR) is 553 cm³/mol. The van der Waals surface area contributed by atoms with Crippen LogP contribution in [0.1, 0.15) is 152 Å². The first-order chi connectivity index (χ1) is 75.1. The summed E-state index contributed by atoms with van der Waals surface area (Å²) in [6.07, 6.45) is 14.7. The predicted octanol–water partition coefficient (Wildman–Crippen LogP) is 27.8. The van der Waals surface area contributed by atoms with E-state index in [4.69, 9.17) is 45.2 Å². The smallest absolute Gasteiger partial charge is 0.0830 e. The van der Waals surface area contributed by atoms with E-state index in [1.54, 1.807) is 18.2 Å². The molecule has 1 fully saturated rings. The Morgan fingerprint density at radius 3 is 1.08 bits per heavy atom. The van der Waals surface area contributed by atoms with Crippen LogP contribution in [-0.2, 0) is 93.3 Å². The van der Waals surface area contributed by atoms with Crippen molar-refractivity contribution in [2.75, 3.05) is 0 Å². The van der Waals surface area contributed by atoms with Crippen molar-refractivity contribution in [1.82, 2.24) is 39.9 Å². The summed E-state index contributed by atoms with van der Waals surface area (Å²) >= 11 is 0. The van der Waals surface area contributed by atoms with Gasteiger partial charge in [0.05, 0.1) is 48.7 Å². The van der Waals surface area contributed by atoms with Gasteiger partial charge in [-0.3, -0.25) is 0 Å². The third kappa shape index (κ3) is 35.7. The number of pyridine rings is 8. The fraction of sp³-hybridized carbons (Fsp3) is 0.241. The molecule has 0 N–H and O–H groups in total. The molecule has 0 spiro atoms. The molecule has 1 unspecified atom stereocenters. The summed E-state index contributed by atoms with van der Waals surface area (Å²) in [5.74, 6) is 1.60. The van der Waals surface area contributed by atoms with Crippen molar-refractivity contribution < 1.29 is 126 Å². The minimum atomic E-state index is -1.49. The molecule has 0 amide bonds. The largest absolute Gasteiger partial charge is 0.305 e. The summed E-state index contributed by atoms with van der Waals surface area (Å²) in [6, 6.07) is 47.3. The van der Waals surface area contributed by atoms with E-state index in [9.17, 15) is 0 Å². The minimum absolute atomic E-state index is 0. The van der Waals surface area contributed by atoms with Crippen LogP contribution in [-0.4, -0.2) is 72.2 Å². The van der Waals surface area contributed by atoms with Crippen LogP contribution >= 0.6 is 0 Å². The third-order valence-corrected chi connectivity index (χ3v) is 28.2. The van der Waals surface area contributed by atoms with Crippen LogP contribution in [0.15, 0.2) is 334 Å². The summed E-state index contributed by atoms with van der Waals surface area (Å²) in [5.41, 5.74) is 13.6. The van der Waals surface area contributed by atoms with Gasteiger partial charge in [-0.2, -0.15) is 0 Å². The van der Waals surface area contributed by atoms with Crippen molar-refractivity contribution in [3.63, 3.8) is 0 Å². The van der Waals surface area contributed by atoms with E-state index in [0.717, 1.165) is 64.6 Å². The van der Waals surface area contributed by atoms with E-state index >= 15 is 0 Å². The minimum Gasteiger partial charge on any atom is -0.305 e. The molecule has 16 aromatic rings. The Kier molecular flexibility index (Phi) is 30.1. The second kappa shape index (κ2) is 56.6. The van der Waals surface area contributed by atoms with Gasteiger partial charge in [-0.1, -0.05) is 221 Å². The van der Waals surface area contributed by atoms with Gasteiger partial charge in [-0.05, 0) is 160 Å². The van der Waals surface area contributed by atoms with Crippen molar-refractivity contribution in [2.45, 2.75) is 177 Å². The average molecular weight is 2550 g/mol. The van der Waals surface area contributed by atoms with Crippen molar-refractivity contribution in [3.05, 3.63) is 410 Å². The first-order valence-electron chi connectivity index (χ1n) is 58.9. The van der Waals surface area contributed by atoms with Crippen molar-refractivity contribution >= 4 is 53.0 Å². The van der Waals surface area contributed by atoms with E-state index in [1.807, 2.05) is 86.2 Å². The Bertz CT molecular complexity index is 7550. The molecule has 0 bridgehead atoms. The van der Waals surface area contributed by atoms with Crippen LogP contribution in [0.4, 0.5) is 0 Å². The number of aromatic nitrogens is 8. The van der Waals surface area contributed by atoms with E-state index < -0.39 is 178 Å². The Morgan fingerprint density at radius 1 is 0.341 bits per heavy atom. The summed E-state index contributed by atoms with van der Waals surface area (Å²) in [7, 11) is -5.74. The van der Waals surface area contributed by atoms with Gasteiger partial charge in [0.15, 0.2) is 0 Å². The first-order valence-corrected chi connectivity index (χ1v) is 56.4. The molecule has 1 atom stereocenters. The Labute approximate surface area is 895 Å². The second-order valence-electron chi connectivity index (χ2n) is 34.3. The molecule has 8 aromatic heterocycles. The normalized spacial score (nSPS) is 15.1. The zero-order valence-electron chi connectivity index (χ0n) is 110. The molecule has 0 saturated heterocycles. The van der Waals surface area contributed by atoms with E-state index in [-0.39, 0.29) is 169 Å². The van der Waals surface area contributed by atoms with Crippen LogP contribution in [0.3, 0.4) is 0 Å². The second-order valence-corrected chi connectivity index (χ2v) is 54.5. The van der Waals surface area contributed by atoms with Crippen molar-refractivity contribution in [3.8, 4) is 90.1 Å². The van der Waals surface area contributed by atoms with Gasteiger partial charge >= 0.3 is 0 Å². The quantitative estimate of drug-likeness (QED) is 0.0618. The Balaban J connectivity index is 0.000000286. The summed E-state index contributed by atoms with van der Waals surface area (Å²) in [4.78, 5) is 33.8. The number of hydrogen-bond donors (Lipinski definition) is 0.